The van der Waals surface area contributed by atoms with Crippen LogP contribution in [-0.4, -0.2) is 66.3 Å². The summed E-state index contributed by atoms with van der Waals surface area (Å²) in [5.74, 6) is -0.982. The van der Waals surface area contributed by atoms with Gasteiger partial charge in [-0.3, -0.25) is 15.4 Å². The van der Waals surface area contributed by atoms with Crippen LogP contribution < -0.4 is 10.6 Å². The average Bonchev–Trinajstić information content (AvgIpc) is 2.35. The quantitative estimate of drug-likeness (QED) is 0.363. The summed E-state index contributed by atoms with van der Waals surface area (Å²) >= 11 is 0. The van der Waals surface area contributed by atoms with Gasteiger partial charge in [0.1, 0.15) is 0 Å². The molecular formula is C11H21N2O5+. The van der Waals surface area contributed by atoms with Crippen LogP contribution in [0, 0.1) is 6.10 Å². The predicted molar refractivity (Wildman–Crippen MR) is 63.8 cm³/mol. The first-order valence-corrected chi connectivity index (χ1v) is 5.82. The lowest BCUT2D eigenvalue weighted by Gasteiger charge is -2.37. The number of likely N-dealkylation sites (N-methyl/N-ethyl adjacent to an activating group) is 1. The molecule has 0 aliphatic heterocycles. The van der Waals surface area contributed by atoms with Crippen molar-refractivity contribution in [2.45, 2.75) is 30.5 Å². The van der Waals surface area contributed by atoms with E-state index in [2.05, 4.69) is 10.6 Å². The van der Waals surface area contributed by atoms with Crippen LogP contribution in [-0.2, 0) is 9.53 Å². The van der Waals surface area contributed by atoms with Gasteiger partial charge < -0.3 is 15.3 Å². The van der Waals surface area contributed by atoms with Crippen molar-refractivity contribution in [1.29, 1.82) is 0 Å². The first kappa shape index (κ1) is 15.2. The Bertz CT molecular complexity index is 289. The predicted octanol–water partition coefficient (Wildman–Crippen LogP) is -1.69. The summed E-state index contributed by atoms with van der Waals surface area (Å²) in [5, 5.41) is 33.9. The molecule has 0 bridgehead atoms. The minimum atomic E-state index is -1.23. The first-order chi connectivity index (χ1) is 8.45. The van der Waals surface area contributed by atoms with E-state index in [-0.39, 0.29) is 25.6 Å². The maximum atomic E-state index is 10.6. The van der Waals surface area contributed by atoms with Crippen molar-refractivity contribution < 1.29 is 24.9 Å². The van der Waals surface area contributed by atoms with Crippen molar-refractivity contribution in [1.82, 2.24) is 10.6 Å². The van der Waals surface area contributed by atoms with Gasteiger partial charge in [0, 0.05) is 12.8 Å². The molecule has 0 heterocycles. The molecule has 1 aliphatic rings. The molecule has 104 valence electrons. The number of carboxylic acids is 1. The molecular weight excluding hydrogens is 240 g/mol. The third kappa shape index (κ3) is 3.56. The molecule has 0 spiro atoms. The summed E-state index contributed by atoms with van der Waals surface area (Å²) in [4.78, 5) is 10.6. The fraction of sp³-hybridized carbons (Fsp3) is 0.818. The molecule has 0 aromatic rings. The lowest BCUT2D eigenvalue weighted by Crippen LogP contribution is -2.59. The Balaban J connectivity index is 2.77. The molecule has 1 rings (SSSR count). The van der Waals surface area contributed by atoms with Crippen molar-refractivity contribution in [2.75, 3.05) is 27.3 Å². The minimum absolute atomic E-state index is 0.220. The van der Waals surface area contributed by atoms with Gasteiger partial charge in [0.2, 0.25) is 0 Å². The number of hydrogen-bond donors (Lipinski definition) is 5. The van der Waals surface area contributed by atoms with Crippen molar-refractivity contribution in [3.8, 4) is 0 Å². The maximum Gasteiger partial charge on any atom is 0.317 e. The number of aliphatic hydroxyl groups is 2. The second kappa shape index (κ2) is 6.35. The van der Waals surface area contributed by atoms with Crippen LogP contribution in [0.4, 0.5) is 0 Å². The standard InChI is InChI=1S/C11H20N2O5/c1-12-7-3-11(17,6-14)4-8(10(7)18-2)13-5-9(15)16/h7-8,12-14,17H,3-6H2,1-2H3/p+1/t7?,8?,11-/m1/s1. The Labute approximate surface area is 106 Å². The smallest absolute Gasteiger partial charge is 0.317 e. The molecule has 7 nitrogen and oxygen atoms in total. The Morgan fingerprint density at radius 2 is 2.11 bits per heavy atom. The summed E-state index contributed by atoms with van der Waals surface area (Å²) in [5.41, 5.74) is -1.23. The molecule has 0 amide bonds. The van der Waals surface area contributed by atoms with E-state index in [0.717, 1.165) is 0 Å². The highest BCUT2D eigenvalue weighted by atomic mass is 16.5. The molecule has 0 saturated heterocycles. The second-order valence-electron chi connectivity index (χ2n) is 4.57. The molecule has 0 aromatic heterocycles. The second-order valence-corrected chi connectivity index (χ2v) is 4.57. The maximum absolute atomic E-state index is 10.6. The first-order valence-electron chi connectivity index (χ1n) is 5.82. The number of ether oxygens (including phenoxy) is 1. The number of nitrogens with one attached hydrogen (secondary N) is 2. The van der Waals surface area contributed by atoms with Gasteiger partial charge in [-0.25, -0.2) is 0 Å². The summed E-state index contributed by atoms with van der Waals surface area (Å²) in [7, 11) is 3.24. The zero-order valence-corrected chi connectivity index (χ0v) is 10.6. The topological polar surface area (TPSA) is 111 Å². The lowest BCUT2D eigenvalue weighted by molar-refractivity contribution is -0.136. The van der Waals surface area contributed by atoms with Gasteiger partial charge in [-0.1, -0.05) is 0 Å². The van der Waals surface area contributed by atoms with Gasteiger partial charge in [0.05, 0.1) is 25.9 Å². The van der Waals surface area contributed by atoms with E-state index in [1.807, 2.05) is 0 Å². The largest absolute Gasteiger partial charge is 0.480 e. The third-order valence-electron chi connectivity index (χ3n) is 3.23. The van der Waals surface area contributed by atoms with Crippen LogP contribution in [0.1, 0.15) is 12.8 Å². The number of hydrogen-bond acceptors (Lipinski definition) is 6. The molecule has 1 aliphatic carbocycles. The van der Waals surface area contributed by atoms with E-state index in [1.54, 1.807) is 7.05 Å². The Morgan fingerprint density at radius 1 is 1.50 bits per heavy atom. The summed E-state index contributed by atoms with van der Waals surface area (Å²) in [6.07, 6.45) is 1.20. The minimum Gasteiger partial charge on any atom is -0.480 e. The van der Waals surface area contributed by atoms with Crippen molar-refractivity contribution in [3.63, 3.8) is 0 Å². The molecule has 0 aromatic carbocycles. The van der Waals surface area contributed by atoms with E-state index >= 15 is 0 Å². The number of carboxylic acid groups (broad SMARTS) is 1. The van der Waals surface area contributed by atoms with Crippen LogP contribution >= 0.6 is 0 Å². The van der Waals surface area contributed by atoms with Crippen LogP contribution in [0.2, 0.25) is 0 Å². The number of aliphatic hydroxyl groups excluding tert-OH is 1. The summed E-state index contributed by atoms with van der Waals surface area (Å²) in [6.45, 7) is -0.594. The highest BCUT2D eigenvalue weighted by molar-refractivity contribution is 5.69. The molecule has 1 fully saturated rings. The zero-order chi connectivity index (χ0) is 13.8. The van der Waals surface area contributed by atoms with Crippen molar-refractivity contribution in [2.24, 2.45) is 0 Å². The monoisotopic (exact) mass is 261 g/mol. The number of methoxy groups -OCH3 is 1. The van der Waals surface area contributed by atoms with Gasteiger partial charge in [-0.15, -0.1) is 0 Å². The SMILES string of the molecule is CNC1C[C@](O)(CO)CC(NCC(=O)O)[C+]1OC. The lowest BCUT2D eigenvalue weighted by atomic mass is 9.77. The highest BCUT2D eigenvalue weighted by Crippen LogP contribution is 2.34. The molecule has 3 atom stereocenters. The molecule has 5 N–H and O–H groups in total. The third-order valence-corrected chi connectivity index (χ3v) is 3.23. The van der Waals surface area contributed by atoms with Crippen molar-refractivity contribution in [3.05, 3.63) is 6.10 Å². The van der Waals surface area contributed by atoms with E-state index in [0.29, 0.717) is 12.5 Å². The molecule has 1 saturated carbocycles. The van der Waals surface area contributed by atoms with Gasteiger partial charge in [-0.05, 0) is 7.05 Å². The van der Waals surface area contributed by atoms with Crippen LogP contribution in [0.25, 0.3) is 0 Å². The van der Waals surface area contributed by atoms with Gasteiger partial charge in [0.25, 0.3) is 6.10 Å². The Kier molecular flexibility index (Phi) is 5.36. The molecule has 2 unspecified atom stereocenters. The van der Waals surface area contributed by atoms with E-state index in [9.17, 15) is 15.0 Å². The fourth-order valence-electron chi connectivity index (χ4n) is 2.33. The average molecular weight is 261 g/mol. The Morgan fingerprint density at radius 3 is 2.56 bits per heavy atom. The van der Waals surface area contributed by atoms with Gasteiger partial charge >= 0.3 is 5.97 Å². The van der Waals surface area contributed by atoms with Crippen LogP contribution in [0.3, 0.4) is 0 Å². The van der Waals surface area contributed by atoms with Gasteiger partial charge in [0.15, 0.2) is 12.1 Å². The molecule has 7 heteroatoms. The van der Waals surface area contributed by atoms with Crippen molar-refractivity contribution >= 4 is 5.97 Å². The van der Waals surface area contributed by atoms with Crippen LogP contribution in [0.15, 0.2) is 0 Å². The van der Waals surface area contributed by atoms with Crippen LogP contribution in [0.5, 0.6) is 0 Å². The van der Waals surface area contributed by atoms with E-state index < -0.39 is 17.6 Å². The summed E-state index contributed by atoms with van der Waals surface area (Å²) < 4.78 is 5.28. The number of carbonyl (C=O) groups is 1. The molecule has 0 radical (unpaired) electrons. The van der Waals surface area contributed by atoms with Gasteiger partial charge in [-0.2, -0.15) is 4.74 Å². The number of aliphatic carboxylic acids is 1. The fourth-order valence-corrected chi connectivity index (χ4v) is 2.33. The molecule has 18 heavy (non-hydrogen) atoms. The van der Waals surface area contributed by atoms with E-state index in [1.165, 1.54) is 7.11 Å². The zero-order valence-electron chi connectivity index (χ0n) is 10.6. The highest BCUT2D eigenvalue weighted by Gasteiger charge is 2.53. The number of rotatable bonds is 6. The normalized spacial score (nSPS) is 32.6. The Hall–Kier alpha value is -0.860. The van der Waals surface area contributed by atoms with E-state index in [4.69, 9.17) is 9.84 Å². The summed E-state index contributed by atoms with van der Waals surface area (Å²) in [6, 6.07) is -0.637.